The molecule has 0 bridgehead atoms. The SMILES string of the molecule is Cc1cccc(NC(N)=NCc2ccc(N3CCSCC3)cc2)c1.I. The van der Waals surface area contributed by atoms with E-state index in [2.05, 4.69) is 52.5 Å². The zero-order valence-corrected chi connectivity index (χ0v) is 17.6. The van der Waals surface area contributed by atoms with E-state index in [-0.39, 0.29) is 24.0 Å². The number of guanidine groups is 1. The predicted molar refractivity (Wildman–Crippen MR) is 122 cm³/mol. The van der Waals surface area contributed by atoms with E-state index < -0.39 is 0 Å². The van der Waals surface area contributed by atoms with E-state index in [1.54, 1.807) is 0 Å². The minimum absolute atomic E-state index is 0. The summed E-state index contributed by atoms with van der Waals surface area (Å²) in [5.74, 6) is 2.87. The summed E-state index contributed by atoms with van der Waals surface area (Å²) in [5, 5.41) is 3.13. The molecule has 0 spiro atoms. The van der Waals surface area contributed by atoms with Crippen LogP contribution >= 0.6 is 35.7 Å². The number of nitrogens with two attached hydrogens (primary N) is 1. The Morgan fingerprint density at radius 1 is 1.16 bits per heavy atom. The van der Waals surface area contributed by atoms with Crippen molar-refractivity contribution in [2.24, 2.45) is 10.7 Å². The van der Waals surface area contributed by atoms with Gasteiger partial charge in [0.2, 0.25) is 0 Å². The van der Waals surface area contributed by atoms with Gasteiger partial charge in [0.15, 0.2) is 5.96 Å². The molecule has 134 valence electrons. The zero-order chi connectivity index (χ0) is 16.8. The molecule has 0 saturated carbocycles. The van der Waals surface area contributed by atoms with Crippen LogP contribution in [0.5, 0.6) is 0 Å². The first-order valence-corrected chi connectivity index (χ1v) is 9.41. The Kier molecular flexibility index (Phi) is 7.90. The van der Waals surface area contributed by atoms with Crippen LogP contribution in [0.1, 0.15) is 11.1 Å². The first-order valence-electron chi connectivity index (χ1n) is 8.26. The average Bonchev–Trinajstić information content (AvgIpc) is 2.61. The zero-order valence-electron chi connectivity index (χ0n) is 14.4. The van der Waals surface area contributed by atoms with E-state index in [4.69, 9.17) is 5.73 Å². The first kappa shape index (κ1) is 19.9. The van der Waals surface area contributed by atoms with E-state index in [1.807, 2.05) is 30.0 Å². The first-order chi connectivity index (χ1) is 11.7. The van der Waals surface area contributed by atoms with Crippen LogP contribution in [0, 0.1) is 6.92 Å². The van der Waals surface area contributed by atoms with Crippen LogP contribution in [0.4, 0.5) is 11.4 Å². The molecule has 1 fully saturated rings. The highest BCUT2D eigenvalue weighted by atomic mass is 127. The molecule has 1 aliphatic heterocycles. The molecule has 0 aliphatic carbocycles. The highest BCUT2D eigenvalue weighted by Gasteiger charge is 2.10. The second-order valence-electron chi connectivity index (χ2n) is 5.96. The molecule has 0 unspecified atom stereocenters. The van der Waals surface area contributed by atoms with Gasteiger partial charge in [0.05, 0.1) is 6.54 Å². The number of halogens is 1. The van der Waals surface area contributed by atoms with Gasteiger partial charge < -0.3 is 16.0 Å². The fourth-order valence-corrected chi connectivity index (χ4v) is 3.62. The second kappa shape index (κ2) is 9.91. The molecule has 1 saturated heterocycles. The lowest BCUT2D eigenvalue weighted by Crippen LogP contribution is -2.32. The summed E-state index contributed by atoms with van der Waals surface area (Å²) < 4.78 is 0. The number of hydrogen-bond donors (Lipinski definition) is 2. The molecule has 0 aromatic heterocycles. The lowest BCUT2D eigenvalue weighted by molar-refractivity contribution is 0.858. The quantitative estimate of drug-likeness (QED) is 0.403. The molecule has 3 N–H and O–H groups in total. The van der Waals surface area contributed by atoms with E-state index in [9.17, 15) is 0 Å². The minimum atomic E-state index is 0. The molecule has 0 amide bonds. The van der Waals surface area contributed by atoms with Gasteiger partial charge in [-0.25, -0.2) is 4.99 Å². The second-order valence-corrected chi connectivity index (χ2v) is 7.19. The maximum atomic E-state index is 5.98. The van der Waals surface area contributed by atoms with Crippen LogP contribution in [0.3, 0.4) is 0 Å². The molecule has 2 aromatic rings. The molecule has 1 heterocycles. The molecular weight excluding hydrogens is 443 g/mol. The summed E-state index contributed by atoms with van der Waals surface area (Å²) in [6.45, 7) is 4.91. The Morgan fingerprint density at radius 2 is 1.88 bits per heavy atom. The highest BCUT2D eigenvalue weighted by Crippen LogP contribution is 2.20. The number of anilines is 2. The summed E-state index contributed by atoms with van der Waals surface area (Å²) in [6.07, 6.45) is 0. The predicted octanol–water partition coefficient (Wildman–Crippen LogP) is 4.09. The van der Waals surface area contributed by atoms with Crippen molar-refractivity contribution in [3.05, 3.63) is 59.7 Å². The average molecular weight is 468 g/mol. The fourth-order valence-electron chi connectivity index (χ4n) is 2.72. The molecule has 4 nitrogen and oxygen atoms in total. The van der Waals surface area contributed by atoms with Crippen LogP contribution in [-0.2, 0) is 6.54 Å². The van der Waals surface area contributed by atoms with Crippen molar-refractivity contribution >= 4 is 53.1 Å². The smallest absolute Gasteiger partial charge is 0.193 e. The van der Waals surface area contributed by atoms with Crippen LogP contribution in [0.15, 0.2) is 53.5 Å². The van der Waals surface area contributed by atoms with Crippen molar-refractivity contribution in [1.29, 1.82) is 0 Å². The highest BCUT2D eigenvalue weighted by molar-refractivity contribution is 14.0. The lowest BCUT2D eigenvalue weighted by Gasteiger charge is -2.28. The number of nitrogens with zero attached hydrogens (tertiary/aromatic N) is 2. The maximum Gasteiger partial charge on any atom is 0.193 e. The van der Waals surface area contributed by atoms with Gasteiger partial charge in [-0.05, 0) is 42.3 Å². The molecule has 3 rings (SSSR count). The number of aliphatic imine (C=N–C) groups is 1. The Balaban J connectivity index is 0.00000225. The number of benzene rings is 2. The summed E-state index contributed by atoms with van der Waals surface area (Å²) in [7, 11) is 0. The van der Waals surface area contributed by atoms with Crippen molar-refractivity contribution in [3.8, 4) is 0 Å². The molecule has 1 aliphatic rings. The Morgan fingerprint density at radius 3 is 2.56 bits per heavy atom. The van der Waals surface area contributed by atoms with E-state index in [0.29, 0.717) is 12.5 Å². The van der Waals surface area contributed by atoms with Crippen molar-refractivity contribution in [1.82, 2.24) is 0 Å². The third kappa shape index (κ3) is 6.11. The monoisotopic (exact) mass is 468 g/mol. The summed E-state index contributed by atoms with van der Waals surface area (Å²) in [6, 6.07) is 16.7. The van der Waals surface area contributed by atoms with Gasteiger partial charge >= 0.3 is 0 Å². The third-order valence-electron chi connectivity index (χ3n) is 4.04. The van der Waals surface area contributed by atoms with Crippen LogP contribution in [-0.4, -0.2) is 30.6 Å². The minimum Gasteiger partial charge on any atom is -0.370 e. The van der Waals surface area contributed by atoms with Crippen molar-refractivity contribution < 1.29 is 0 Å². The van der Waals surface area contributed by atoms with Gasteiger partial charge in [0.1, 0.15) is 0 Å². The van der Waals surface area contributed by atoms with Crippen molar-refractivity contribution in [2.75, 3.05) is 34.8 Å². The lowest BCUT2D eigenvalue weighted by atomic mass is 10.2. The summed E-state index contributed by atoms with van der Waals surface area (Å²) in [4.78, 5) is 6.87. The van der Waals surface area contributed by atoms with Gasteiger partial charge in [-0.15, -0.1) is 24.0 Å². The Bertz CT molecular complexity index is 697. The van der Waals surface area contributed by atoms with E-state index >= 15 is 0 Å². The molecule has 0 atom stereocenters. The van der Waals surface area contributed by atoms with Gasteiger partial charge in [-0.3, -0.25) is 0 Å². The van der Waals surface area contributed by atoms with Gasteiger partial charge in [0.25, 0.3) is 0 Å². The largest absolute Gasteiger partial charge is 0.370 e. The Labute approximate surface area is 171 Å². The topological polar surface area (TPSA) is 53.6 Å². The maximum absolute atomic E-state index is 5.98. The van der Waals surface area contributed by atoms with Crippen LogP contribution in [0.25, 0.3) is 0 Å². The fraction of sp³-hybridized carbons (Fsp3) is 0.316. The van der Waals surface area contributed by atoms with Crippen LogP contribution < -0.4 is 16.0 Å². The molecule has 25 heavy (non-hydrogen) atoms. The molecule has 6 heteroatoms. The summed E-state index contributed by atoms with van der Waals surface area (Å²) >= 11 is 2.03. The van der Waals surface area contributed by atoms with Gasteiger partial charge in [0, 0.05) is 36.0 Å². The number of rotatable bonds is 4. The van der Waals surface area contributed by atoms with E-state index in [0.717, 1.165) is 18.8 Å². The number of thioether (sulfide) groups is 1. The van der Waals surface area contributed by atoms with Gasteiger partial charge in [-0.2, -0.15) is 11.8 Å². The number of aryl methyl sites for hydroxylation is 1. The number of nitrogens with one attached hydrogen (secondary N) is 1. The summed E-state index contributed by atoms with van der Waals surface area (Å²) in [5.41, 5.74) is 10.6. The molecule has 0 radical (unpaired) electrons. The normalized spacial score (nSPS) is 14.8. The van der Waals surface area contributed by atoms with E-state index in [1.165, 1.54) is 28.3 Å². The Hall–Kier alpha value is -1.41. The van der Waals surface area contributed by atoms with Crippen molar-refractivity contribution in [3.63, 3.8) is 0 Å². The number of hydrogen-bond acceptors (Lipinski definition) is 3. The molecular formula is C19H25IN4S. The van der Waals surface area contributed by atoms with Crippen molar-refractivity contribution in [2.45, 2.75) is 13.5 Å². The van der Waals surface area contributed by atoms with Crippen LogP contribution in [0.2, 0.25) is 0 Å². The van der Waals surface area contributed by atoms with Gasteiger partial charge in [-0.1, -0.05) is 24.3 Å². The molecule has 2 aromatic carbocycles. The third-order valence-corrected chi connectivity index (χ3v) is 4.98. The standard InChI is InChI=1S/C19H24N4S.HI/c1-15-3-2-4-17(13-15)22-19(20)21-14-16-5-7-18(8-6-16)23-9-11-24-12-10-23;/h2-8,13H,9-12,14H2,1H3,(H3,20,21,22);1H.